The summed E-state index contributed by atoms with van der Waals surface area (Å²) >= 11 is 0. The minimum Gasteiger partial charge on any atom is -0.462 e. The summed E-state index contributed by atoms with van der Waals surface area (Å²) in [4.78, 5) is 51.6. The van der Waals surface area contributed by atoms with Gasteiger partial charge >= 0.3 is 5.97 Å². The zero-order valence-electron chi connectivity index (χ0n) is 20.8. The third kappa shape index (κ3) is 5.43. The van der Waals surface area contributed by atoms with E-state index < -0.39 is 5.97 Å². The Bertz CT molecular complexity index is 1050. The number of nitrogens with zero attached hydrogens (tertiary/aromatic N) is 4. The molecule has 34 heavy (non-hydrogen) atoms. The minimum absolute atomic E-state index is 0.0439. The van der Waals surface area contributed by atoms with Crippen LogP contribution < -0.4 is 0 Å². The number of carbonyl (C=O) groups is 3. The summed E-state index contributed by atoms with van der Waals surface area (Å²) in [5.74, 6) is -0.515. The second-order valence-electron chi connectivity index (χ2n) is 8.56. The topological polar surface area (TPSA) is 92.7 Å². The first kappa shape index (κ1) is 25.3. The number of rotatable bonds is 7. The van der Waals surface area contributed by atoms with E-state index in [4.69, 9.17) is 4.74 Å². The molecule has 2 heterocycles. The van der Waals surface area contributed by atoms with Crippen molar-refractivity contribution in [3.05, 3.63) is 58.2 Å². The van der Waals surface area contributed by atoms with E-state index in [9.17, 15) is 14.4 Å². The first-order valence-electron chi connectivity index (χ1n) is 12.0. The van der Waals surface area contributed by atoms with E-state index in [0.717, 1.165) is 12.8 Å². The number of esters is 1. The van der Waals surface area contributed by atoms with Gasteiger partial charge in [0.15, 0.2) is 0 Å². The largest absolute Gasteiger partial charge is 0.462 e. The molecule has 8 nitrogen and oxygen atoms in total. The van der Waals surface area contributed by atoms with Crippen LogP contribution in [-0.2, 0) is 17.6 Å². The molecule has 0 aliphatic carbocycles. The van der Waals surface area contributed by atoms with Crippen LogP contribution in [0.3, 0.4) is 0 Å². The van der Waals surface area contributed by atoms with Crippen LogP contribution in [0.5, 0.6) is 0 Å². The zero-order valence-corrected chi connectivity index (χ0v) is 20.8. The van der Waals surface area contributed by atoms with Crippen molar-refractivity contribution >= 4 is 17.8 Å². The standard InChI is InChI=1S/C26H34N4O4/c1-6-9-21-22(26(33)34-8-3)23(28-18(5)27-21)25(32)29-14-15-30(17(4)16-29)24(31)20-12-10-19(7-2)11-13-20/h10-13,17H,6-9,14-16H2,1-5H3. The smallest absolute Gasteiger partial charge is 0.342 e. The SMILES string of the molecule is CCCc1nc(C)nc(C(=O)N2CCN(C(=O)c3ccc(CC)cc3)C(C)C2)c1C(=O)OCC. The summed E-state index contributed by atoms with van der Waals surface area (Å²) in [6, 6.07) is 7.48. The van der Waals surface area contributed by atoms with Gasteiger partial charge in [-0.2, -0.15) is 0 Å². The van der Waals surface area contributed by atoms with Crippen molar-refractivity contribution in [1.29, 1.82) is 0 Å². The molecular weight excluding hydrogens is 432 g/mol. The van der Waals surface area contributed by atoms with Crippen molar-refractivity contribution < 1.29 is 19.1 Å². The fourth-order valence-electron chi connectivity index (χ4n) is 4.26. The van der Waals surface area contributed by atoms with Gasteiger partial charge in [-0.1, -0.05) is 32.4 Å². The molecular formula is C26H34N4O4. The Labute approximate surface area is 201 Å². The second kappa shape index (κ2) is 11.2. The quantitative estimate of drug-likeness (QED) is 0.580. The van der Waals surface area contributed by atoms with E-state index in [1.54, 1.807) is 23.6 Å². The van der Waals surface area contributed by atoms with Crippen molar-refractivity contribution in [2.24, 2.45) is 0 Å². The van der Waals surface area contributed by atoms with Crippen molar-refractivity contribution in [2.75, 3.05) is 26.2 Å². The number of carbonyl (C=O) groups excluding carboxylic acids is 3. The molecule has 1 aromatic carbocycles. The van der Waals surface area contributed by atoms with Crippen LogP contribution in [0, 0.1) is 6.92 Å². The lowest BCUT2D eigenvalue weighted by atomic mass is 10.0. The Balaban J connectivity index is 1.82. The molecule has 0 saturated carbocycles. The number of aromatic nitrogens is 2. The highest BCUT2D eigenvalue weighted by Gasteiger charge is 2.34. The van der Waals surface area contributed by atoms with Crippen molar-refractivity contribution in [3.8, 4) is 0 Å². The Kier molecular flexibility index (Phi) is 8.36. The zero-order chi connectivity index (χ0) is 24.8. The lowest BCUT2D eigenvalue weighted by Gasteiger charge is -2.40. The fourth-order valence-corrected chi connectivity index (χ4v) is 4.26. The molecule has 182 valence electrons. The third-order valence-electron chi connectivity index (χ3n) is 6.05. The Morgan fingerprint density at radius 1 is 1.03 bits per heavy atom. The van der Waals surface area contributed by atoms with Gasteiger partial charge in [0.1, 0.15) is 17.1 Å². The van der Waals surface area contributed by atoms with E-state index in [1.165, 1.54) is 5.56 Å². The van der Waals surface area contributed by atoms with Crippen LogP contribution in [0.25, 0.3) is 0 Å². The number of hydrogen-bond donors (Lipinski definition) is 0. The predicted octanol–water partition coefficient (Wildman–Crippen LogP) is 3.46. The molecule has 0 spiro atoms. The highest BCUT2D eigenvalue weighted by atomic mass is 16.5. The maximum absolute atomic E-state index is 13.5. The number of benzene rings is 1. The van der Waals surface area contributed by atoms with Gasteiger partial charge in [0.25, 0.3) is 11.8 Å². The molecule has 1 aromatic heterocycles. The maximum Gasteiger partial charge on any atom is 0.342 e. The van der Waals surface area contributed by atoms with Gasteiger partial charge in [0, 0.05) is 31.2 Å². The Morgan fingerprint density at radius 3 is 2.32 bits per heavy atom. The van der Waals surface area contributed by atoms with Gasteiger partial charge in [0.05, 0.1) is 12.3 Å². The number of amides is 2. The van der Waals surface area contributed by atoms with E-state index in [2.05, 4.69) is 16.9 Å². The summed E-state index contributed by atoms with van der Waals surface area (Å²) < 4.78 is 5.23. The molecule has 1 aliphatic heterocycles. The third-order valence-corrected chi connectivity index (χ3v) is 6.05. The number of hydrogen-bond acceptors (Lipinski definition) is 6. The average Bonchev–Trinajstić information content (AvgIpc) is 2.83. The minimum atomic E-state index is -0.577. The normalized spacial score (nSPS) is 15.9. The lowest BCUT2D eigenvalue weighted by molar-refractivity contribution is 0.0405. The maximum atomic E-state index is 13.5. The van der Waals surface area contributed by atoms with Gasteiger partial charge in [-0.15, -0.1) is 0 Å². The molecule has 1 aliphatic rings. The van der Waals surface area contributed by atoms with Crippen LogP contribution in [-0.4, -0.2) is 69.8 Å². The monoisotopic (exact) mass is 466 g/mol. The Hall–Kier alpha value is -3.29. The van der Waals surface area contributed by atoms with E-state index in [0.29, 0.717) is 43.1 Å². The van der Waals surface area contributed by atoms with Crippen LogP contribution in [0.1, 0.15) is 82.4 Å². The highest BCUT2D eigenvalue weighted by Crippen LogP contribution is 2.21. The van der Waals surface area contributed by atoms with Crippen LogP contribution in [0.4, 0.5) is 0 Å². The van der Waals surface area contributed by atoms with Crippen LogP contribution >= 0.6 is 0 Å². The number of aryl methyl sites for hydroxylation is 3. The molecule has 0 bridgehead atoms. The molecule has 0 radical (unpaired) electrons. The first-order valence-corrected chi connectivity index (χ1v) is 12.0. The molecule has 2 aromatic rings. The van der Waals surface area contributed by atoms with Crippen molar-refractivity contribution in [3.63, 3.8) is 0 Å². The van der Waals surface area contributed by atoms with E-state index in [-0.39, 0.29) is 35.7 Å². The summed E-state index contributed by atoms with van der Waals surface area (Å²) in [5, 5.41) is 0. The Morgan fingerprint density at radius 2 is 1.74 bits per heavy atom. The molecule has 1 saturated heterocycles. The van der Waals surface area contributed by atoms with Crippen LogP contribution in [0.15, 0.2) is 24.3 Å². The van der Waals surface area contributed by atoms with Gasteiger partial charge in [-0.25, -0.2) is 14.8 Å². The second-order valence-corrected chi connectivity index (χ2v) is 8.56. The number of piperazine rings is 1. The summed E-state index contributed by atoms with van der Waals surface area (Å²) in [5.41, 5.74) is 2.59. The first-order chi connectivity index (χ1) is 16.3. The summed E-state index contributed by atoms with van der Waals surface area (Å²) in [7, 11) is 0. The molecule has 1 unspecified atom stereocenters. The lowest BCUT2D eigenvalue weighted by Crippen LogP contribution is -2.55. The fraction of sp³-hybridized carbons (Fsp3) is 0.500. The molecule has 8 heteroatoms. The predicted molar refractivity (Wildman–Crippen MR) is 129 cm³/mol. The molecule has 1 fully saturated rings. The average molecular weight is 467 g/mol. The van der Waals surface area contributed by atoms with Crippen molar-refractivity contribution in [2.45, 2.75) is 59.9 Å². The molecule has 1 atom stereocenters. The molecule has 3 rings (SSSR count). The number of ether oxygens (including phenoxy) is 1. The molecule has 2 amide bonds. The van der Waals surface area contributed by atoms with Gasteiger partial charge in [-0.05, 0) is 51.3 Å². The van der Waals surface area contributed by atoms with Gasteiger partial charge in [0.2, 0.25) is 0 Å². The van der Waals surface area contributed by atoms with Crippen LogP contribution in [0.2, 0.25) is 0 Å². The van der Waals surface area contributed by atoms with E-state index in [1.807, 2.05) is 38.1 Å². The van der Waals surface area contributed by atoms with E-state index >= 15 is 0 Å². The highest BCUT2D eigenvalue weighted by molar-refractivity contribution is 6.04. The van der Waals surface area contributed by atoms with Crippen molar-refractivity contribution in [1.82, 2.24) is 19.8 Å². The van der Waals surface area contributed by atoms with Gasteiger partial charge < -0.3 is 14.5 Å². The van der Waals surface area contributed by atoms with Gasteiger partial charge in [-0.3, -0.25) is 9.59 Å². The summed E-state index contributed by atoms with van der Waals surface area (Å²) in [6.07, 6.45) is 2.24. The molecule has 0 N–H and O–H groups in total. The summed E-state index contributed by atoms with van der Waals surface area (Å²) in [6.45, 7) is 10.7.